The molecule has 0 aliphatic rings. The number of amides is 1. The molecule has 0 aliphatic carbocycles. The number of rotatable bonds is 72. The molecule has 496 valence electrons. The molecule has 0 spiro atoms. The SMILES string of the molecule is CCCC/C=C\C/C=C\CCCCCCCC(=O)OCCCCCCCCCCCCCCCCCCCCCCCCCCCCCCCCC(=O)NC(CO)C(O)/C=C/CCCCCCCCCCCCCCCCCCCCCCC. The van der Waals surface area contributed by atoms with E-state index in [1.54, 1.807) is 6.08 Å². The van der Waals surface area contributed by atoms with E-state index in [0.29, 0.717) is 19.4 Å². The molecule has 0 aromatic rings. The smallest absolute Gasteiger partial charge is 0.305 e. The summed E-state index contributed by atoms with van der Waals surface area (Å²) in [6.45, 7) is 4.90. The quantitative estimate of drug-likeness (QED) is 0.0320. The molecule has 6 nitrogen and oxygen atoms in total. The molecule has 0 bridgehead atoms. The van der Waals surface area contributed by atoms with E-state index in [4.69, 9.17) is 4.74 Å². The molecule has 0 aromatic heterocycles. The molecule has 0 saturated heterocycles. The lowest BCUT2D eigenvalue weighted by Crippen LogP contribution is -2.45. The topological polar surface area (TPSA) is 95.9 Å². The summed E-state index contributed by atoms with van der Waals surface area (Å²) >= 11 is 0. The van der Waals surface area contributed by atoms with Crippen LogP contribution in [0.4, 0.5) is 0 Å². The summed E-state index contributed by atoms with van der Waals surface area (Å²) in [4.78, 5) is 24.6. The van der Waals surface area contributed by atoms with Crippen molar-refractivity contribution in [3.63, 3.8) is 0 Å². The molecule has 1 amide bonds. The second-order valence-corrected chi connectivity index (χ2v) is 26.3. The minimum Gasteiger partial charge on any atom is -0.466 e. The fourth-order valence-electron chi connectivity index (χ4n) is 12.1. The zero-order chi connectivity index (χ0) is 60.6. The van der Waals surface area contributed by atoms with Crippen molar-refractivity contribution in [1.29, 1.82) is 0 Å². The predicted octanol–water partition coefficient (Wildman–Crippen LogP) is 25.0. The first kappa shape index (κ1) is 82.1. The van der Waals surface area contributed by atoms with E-state index in [2.05, 4.69) is 43.5 Å². The van der Waals surface area contributed by atoms with Crippen molar-refractivity contribution in [2.45, 2.75) is 437 Å². The number of carbonyl (C=O) groups is 2. The molecule has 0 aliphatic heterocycles. The van der Waals surface area contributed by atoms with Gasteiger partial charge in [0.2, 0.25) is 5.91 Å². The molecular formula is C78H149NO5. The zero-order valence-electron chi connectivity index (χ0n) is 56.9. The highest BCUT2D eigenvalue weighted by Crippen LogP contribution is 2.20. The van der Waals surface area contributed by atoms with Crippen molar-refractivity contribution in [3.05, 3.63) is 36.5 Å². The molecular weight excluding hydrogens is 1030 g/mol. The first-order valence-electron chi connectivity index (χ1n) is 38.3. The van der Waals surface area contributed by atoms with Crippen LogP contribution in [0.3, 0.4) is 0 Å². The lowest BCUT2D eigenvalue weighted by molar-refractivity contribution is -0.143. The number of ether oxygens (including phenoxy) is 1. The van der Waals surface area contributed by atoms with Crippen molar-refractivity contribution in [1.82, 2.24) is 5.32 Å². The molecule has 0 aromatic carbocycles. The van der Waals surface area contributed by atoms with Crippen molar-refractivity contribution in [2.75, 3.05) is 13.2 Å². The zero-order valence-corrected chi connectivity index (χ0v) is 56.9. The normalized spacial score (nSPS) is 12.7. The van der Waals surface area contributed by atoms with Crippen LogP contribution in [0.25, 0.3) is 0 Å². The van der Waals surface area contributed by atoms with E-state index in [1.807, 2.05) is 6.08 Å². The molecule has 0 fully saturated rings. The van der Waals surface area contributed by atoms with Gasteiger partial charge in [0.15, 0.2) is 0 Å². The second kappa shape index (κ2) is 73.5. The molecule has 84 heavy (non-hydrogen) atoms. The minimum absolute atomic E-state index is 0.00570. The Bertz CT molecular complexity index is 1360. The Morgan fingerprint density at radius 3 is 0.940 bits per heavy atom. The van der Waals surface area contributed by atoms with Gasteiger partial charge in [-0.05, 0) is 57.8 Å². The van der Waals surface area contributed by atoms with Gasteiger partial charge in [-0.1, -0.05) is 391 Å². The summed E-state index contributed by atoms with van der Waals surface area (Å²) in [5.74, 6) is -0.0538. The standard InChI is InChI=1S/C78H149NO5/c1-3-5-7-9-11-13-15-17-19-20-21-22-31-34-37-40-43-46-50-54-58-62-66-70-76(81)75(74-80)79-77(82)71-67-63-59-55-51-47-44-41-38-35-32-29-27-25-23-24-26-28-30-33-36-39-42-45-49-53-57-61-65-69-73-84-78(83)72-68-64-60-56-52-48-18-16-14-12-10-8-6-4-2/h10,12,16,18,66,70,75-76,80-81H,3-9,11,13-15,17,19-65,67-69,71-74H2,1-2H3,(H,79,82)/b12-10-,18-16-,70-66+. The van der Waals surface area contributed by atoms with Gasteiger partial charge in [-0.2, -0.15) is 0 Å². The largest absolute Gasteiger partial charge is 0.466 e. The van der Waals surface area contributed by atoms with Crippen LogP contribution < -0.4 is 5.32 Å². The molecule has 3 N–H and O–H groups in total. The number of esters is 1. The van der Waals surface area contributed by atoms with Crippen molar-refractivity contribution >= 4 is 11.9 Å². The highest BCUT2D eigenvalue weighted by molar-refractivity contribution is 5.76. The maximum Gasteiger partial charge on any atom is 0.305 e. The Labute approximate surface area is 525 Å². The summed E-state index contributed by atoms with van der Waals surface area (Å²) in [5, 5.41) is 23.3. The van der Waals surface area contributed by atoms with Gasteiger partial charge >= 0.3 is 5.97 Å². The summed E-state index contributed by atoms with van der Waals surface area (Å²) in [6.07, 6.45) is 95.4. The average Bonchev–Trinajstić information content (AvgIpc) is 3.51. The first-order chi connectivity index (χ1) is 41.5. The van der Waals surface area contributed by atoms with Crippen LogP contribution in [-0.2, 0) is 14.3 Å². The molecule has 0 heterocycles. The van der Waals surface area contributed by atoms with Gasteiger partial charge < -0.3 is 20.3 Å². The van der Waals surface area contributed by atoms with E-state index < -0.39 is 12.1 Å². The van der Waals surface area contributed by atoms with Crippen LogP contribution >= 0.6 is 0 Å². The number of hydrogen-bond donors (Lipinski definition) is 3. The van der Waals surface area contributed by atoms with Crippen LogP contribution in [0.2, 0.25) is 0 Å². The van der Waals surface area contributed by atoms with Gasteiger partial charge in [0.25, 0.3) is 0 Å². The number of allylic oxidation sites excluding steroid dienone is 5. The number of hydrogen-bond acceptors (Lipinski definition) is 5. The average molecular weight is 1180 g/mol. The summed E-state index contributed by atoms with van der Waals surface area (Å²) in [6, 6.07) is -0.626. The monoisotopic (exact) mass is 1180 g/mol. The lowest BCUT2D eigenvalue weighted by Gasteiger charge is -2.20. The molecule has 0 rings (SSSR count). The summed E-state index contributed by atoms with van der Waals surface area (Å²) < 4.78 is 5.49. The summed E-state index contributed by atoms with van der Waals surface area (Å²) in [7, 11) is 0. The van der Waals surface area contributed by atoms with Gasteiger partial charge in [-0.15, -0.1) is 0 Å². The third-order valence-corrected chi connectivity index (χ3v) is 17.9. The van der Waals surface area contributed by atoms with Gasteiger partial charge in [0.05, 0.1) is 25.4 Å². The molecule has 2 atom stereocenters. The summed E-state index contributed by atoms with van der Waals surface area (Å²) in [5.41, 5.74) is 0. The third-order valence-electron chi connectivity index (χ3n) is 17.9. The van der Waals surface area contributed by atoms with Gasteiger partial charge in [-0.3, -0.25) is 9.59 Å². The first-order valence-corrected chi connectivity index (χ1v) is 38.3. The van der Waals surface area contributed by atoms with E-state index >= 15 is 0 Å². The van der Waals surface area contributed by atoms with Crippen LogP contribution in [-0.4, -0.2) is 47.4 Å². The maximum atomic E-state index is 12.5. The Balaban J connectivity index is 3.37. The highest BCUT2D eigenvalue weighted by atomic mass is 16.5. The molecule has 6 heteroatoms. The molecule has 0 radical (unpaired) electrons. The Morgan fingerprint density at radius 1 is 0.333 bits per heavy atom. The lowest BCUT2D eigenvalue weighted by atomic mass is 10.0. The molecule has 2 unspecified atom stereocenters. The van der Waals surface area contributed by atoms with Crippen LogP contribution in [0.5, 0.6) is 0 Å². The predicted molar refractivity (Wildman–Crippen MR) is 370 cm³/mol. The van der Waals surface area contributed by atoms with Crippen molar-refractivity contribution in [2.24, 2.45) is 0 Å². The minimum atomic E-state index is -0.843. The second-order valence-electron chi connectivity index (χ2n) is 26.3. The fraction of sp³-hybridized carbons (Fsp3) is 0.897. The van der Waals surface area contributed by atoms with E-state index in [1.165, 1.54) is 347 Å². The maximum absolute atomic E-state index is 12.5. The van der Waals surface area contributed by atoms with Gasteiger partial charge in [0, 0.05) is 12.8 Å². The Hall–Kier alpha value is -1.92. The highest BCUT2D eigenvalue weighted by Gasteiger charge is 2.18. The number of carbonyl (C=O) groups excluding carboxylic acids is 2. The van der Waals surface area contributed by atoms with Crippen molar-refractivity contribution in [3.8, 4) is 0 Å². The van der Waals surface area contributed by atoms with Crippen LogP contribution in [0, 0.1) is 0 Å². The number of unbranched alkanes of at least 4 members (excludes halogenated alkanes) is 57. The molecule has 0 saturated carbocycles. The van der Waals surface area contributed by atoms with E-state index in [9.17, 15) is 19.8 Å². The fourth-order valence-corrected chi connectivity index (χ4v) is 12.1. The van der Waals surface area contributed by atoms with E-state index in [-0.39, 0.29) is 18.5 Å². The van der Waals surface area contributed by atoms with Gasteiger partial charge in [0.1, 0.15) is 0 Å². The van der Waals surface area contributed by atoms with E-state index in [0.717, 1.165) is 51.4 Å². The van der Waals surface area contributed by atoms with Crippen LogP contribution in [0.1, 0.15) is 425 Å². The van der Waals surface area contributed by atoms with Gasteiger partial charge in [-0.25, -0.2) is 0 Å². The number of aliphatic hydroxyl groups excluding tert-OH is 2. The van der Waals surface area contributed by atoms with Crippen molar-refractivity contribution < 1.29 is 24.5 Å². The number of aliphatic hydroxyl groups is 2. The Kier molecular flexibility index (Phi) is 71.9. The number of nitrogens with one attached hydrogen (secondary N) is 1. The van der Waals surface area contributed by atoms with Crippen LogP contribution in [0.15, 0.2) is 36.5 Å². The third kappa shape index (κ3) is 69.2. The Morgan fingerprint density at radius 2 is 0.607 bits per heavy atom.